The first-order valence-electron chi connectivity index (χ1n) is 21.5. The highest BCUT2D eigenvalue weighted by molar-refractivity contribution is 5.51. The van der Waals surface area contributed by atoms with Crippen molar-refractivity contribution >= 4 is 0 Å². The van der Waals surface area contributed by atoms with Crippen molar-refractivity contribution in [2.45, 2.75) is 100 Å². The van der Waals surface area contributed by atoms with Crippen LogP contribution in [0.3, 0.4) is 0 Å². The minimum Gasteiger partial charge on any atom is -0.353 e. The van der Waals surface area contributed by atoms with Crippen LogP contribution in [0.5, 0.6) is 0 Å². The Balaban J connectivity index is 1.13. The molecule has 57 heavy (non-hydrogen) atoms. The van der Waals surface area contributed by atoms with E-state index in [1.807, 2.05) is 0 Å². The van der Waals surface area contributed by atoms with E-state index in [4.69, 9.17) is 0 Å². The number of nitrogens with zero attached hydrogens (tertiary/aromatic N) is 6. The van der Waals surface area contributed by atoms with Crippen molar-refractivity contribution in [1.82, 2.24) is 29.4 Å². The molecule has 3 heterocycles. The maximum absolute atomic E-state index is 4.66. The summed E-state index contributed by atoms with van der Waals surface area (Å²) in [7, 11) is 0. The van der Waals surface area contributed by atoms with Gasteiger partial charge in [-0.05, 0) is 107 Å². The molecule has 0 bridgehead atoms. The number of rotatable bonds is 15. The highest BCUT2D eigenvalue weighted by Gasteiger charge is 2.30. The predicted octanol–water partition coefficient (Wildman–Crippen LogP) is 9.67. The quantitative estimate of drug-likeness (QED) is 0.119. The molecule has 4 aromatic rings. The first kappa shape index (κ1) is 40.1. The van der Waals surface area contributed by atoms with Crippen LogP contribution in [0.1, 0.15) is 87.5 Å². The molecular weight excluding hydrogens is 697 g/mol. The Morgan fingerprint density at radius 1 is 0.333 bits per heavy atom. The highest BCUT2D eigenvalue weighted by atomic mass is 15.4. The largest absolute Gasteiger partial charge is 0.353 e. The fraction of sp³-hybridized carbons (Fsp3) is 0.412. The second kappa shape index (κ2) is 17.6. The van der Waals surface area contributed by atoms with E-state index >= 15 is 0 Å². The fourth-order valence-electron chi connectivity index (χ4n) is 9.10. The third-order valence-electron chi connectivity index (χ3n) is 13.3. The van der Waals surface area contributed by atoms with Crippen molar-refractivity contribution in [3.05, 3.63) is 177 Å². The van der Waals surface area contributed by atoms with Crippen molar-refractivity contribution < 1.29 is 0 Å². The van der Waals surface area contributed by atoms with Gasteiger partial charge in [-0.15, -0.1) is 0 Å². The fourth-order valence-corrected chi connectivity index (χ4v) is 9.10. The summed E-state index contributed by atoms with van der Waals surface area (Å²) in [4.78, 5) is 14.9. The Kier molecular flexibility index (Phi) is 12.4. The monoisotopic (exact) mass is 763 g/mol. The van der Waals surface area contributed by atoms with Gasteiger partial charge < -0.3 is 29.4 Å². The van der Waals surface area contributed by atoms with Crippen molar-refractivity contribution in [3.8, 4) is 0 Å². The minimum absolute atomic E-state index is 0.865. The van der Waals surface area contributed by atoms with Crippen LogP contribution in [0.15, 0.2) is 110 Å². The average Bonchev–Trinajstić information content (AvgIpc) is 3.88. The number of benzene rings is 4. The lowest BCUT2D eigenvalue weighted by atomic mass is 9.87. The zero-order valence-corrected chi connectivity index (χ0v) is 35.8. The third kappa shape index (κ3) is 8.76. The molecular formula is C51H66N6. The minimum atomic E-state index is 0.865. The van der Waals surface area contributed by atoms with Crippen LogP contribution in [0, 0.1) is 20.8 Å². The Morgan fingerprint density at radius 3 is 0.737 bits per heavy atom. The number of hydrogen-bond acceptors (Lipinski definition) is 6. The second-order valence-corrected chi connectivity index (χ2v) is 16.6. The lowest BCUT2D eigenvalue weighted by Gasteiger charge is -2.31. The molecule has 4 aromatic carbocycles. The first-order chi connectivity index (χ1) is 27.6. The molecule has 7 rings (SSSR count). The summed E-state index contributed by atoms with van der Waals surface area (Å²) in [5.74, 6) is 3.38. The van der Waals surface area contributed by atoms with Crippen molar-refractivity contribution in [2.75, 3.05) is 39.3 Å². The zero-order chi connectivity index (χ0) is 40.2. The first-order valence-corrected chi connectivity index (χ1v) is 21.5. The van der Waals surface area contributed by atoms with Crippen LogP contribution in [-0.2, 0) is 58.5 Å². The molecule has 0 aliphatic carbocycles. The van der Waals surface area contributed by atoms with Gasteiger partial charge in [0.25, 0.3) is 0 Å². The van der Waals surface area contributed by atoms with Crippen LogP contribution >= 0.6 is 0 Å². The molecule has 300 valence electrons. The van der Waals surface area contributed by atoms with E-state index in [9.17, 15) is 0 Å². The Morgan fingerprint density at radius 2 is 0.526 bits per heavy atom. The molecule has 6 heteroatoms. The molecule has 3 aliphatic rings. The van der Waals surface area contributed by atoms with E-state index in [0.717, 1.165) is 115 Å². The molecule has 0 aromatic heterocycles. The zero-order valence-electron chi connectivity index (χ0n) is 35.8. The summed E-state index contributed by atoms with van der Waals surface area (Å²) in [6.45, 7) is 38.9. The summed E-state index contributed by atoms with van der Waals surface area (Å²) in [5, 5.41) is 0. The van der Waals surface area contributed by atoms with Gasteiger partial charge in [0.15, 0.2) is 0 Å². The maximum atomic E-state index is 4.66. The van der Waals surface area contributed by atoms with E-state index in [0.29, 0.717) is 0 Å². The van der Waals surface area contributed by atoms with E-state index in [2.05, 4.69) is 163 Å². The standard InChI is InChI=1S/C51H66N6/c1-10-43-13-19-46(20-14-43)31-52-25-28-55(40(52)7)34-49-37(4)50(35-56-29-26-53(41(56)8)32-47-21-15-44(11-2)16-22-47)39(6)51(38(49)5)36-57-30-27-54(42(57)9)33-48-23-17-45(12-3)18-24-48/h13-24H,7-12,25-36H2,1-6H3. The van der Waals surface area contributed by atoms with Gasteiger partial charge in [0.2, 0.25) is 0 Å². The predicted molar refractivity (Wildman–Crippen MR) is 238 cm³/mol. The van der Waals surface area contributed by atoms with Gasteiger partial charge in [0, 0.05) is 78.5 Å². The molecule has 3 fully saturated rings. The smallest absolute Gasteiger partial charge is 0.0972 e. The van der Waals surface area contributed by atoms with Crippen LogP contribution < -0.4 is 0 Å². The van der Waals surface area contributed by atoms with Gasteiger partial charge >= 0.3 is 0 Å². The van der Waals surface area contributed by atoms with Gasteiger partial charge in [-0.25, -0.2) is 0 Å². The summed E-state index contributed by atoms with van der Waals surface area (Å²) in [6.07, 6.45) is 3.21. The highest BCUT2D eigenvalue weighted by Crippen LogP contribution is 2.35. The molecule has 0 spiro atoms. The van der Waals surface area contributed by atoms with E-state index < -0.39 is 0 Å². The number of hydrogen-bond donors (Lipinski definition) is 0. The molecule has 0 atom stereocenters. The molecule has 0 radical (unpaired) electrons. The molecule has 3 saturated heterocycles. The lowest BCUT2D eigenvalue weighted by Crippen LogP contribution is -2.27. The van der Waals surface area contributed by atoms with Crippen LogP contribution in [0.2, 0.25) is 0 Å². The molecule has 0 N–H and O–H groups in total. The SMILES string of the molecule is C=C1N(Cc2ccc(CC)cc2)CCN1Cc1c(C)c(CN2CCN(Cc3ccc(CC)cc3)C2=C)c(C)c(CN2CCN(Cc3ccc(CC)cc3)C2=C)c1C. The van der Waals surface area contributed by atoms with E-state index in [1.54, 1.807) is 0 Å². The van der Waals surface area contributed by atoms with Crippen LogP contribution in [0.25, 0.3) is 0 Å². The second-order valence-electron chi connectivity index (χ2n) is 16.6. The van der Waals surface area contributed by atoms with Crippen molar-refractivity contribution in [3.63, 3.8) is 0 Å². The molecule has 0 amide bonds. The maximum Gasteiger partial charge on any atom is 0.0972 e. The summed E-state index contributed by atoms with van der Waals surface area (Å²) < 4.78 is 0. The molecule has 0 unspecified atom stereocenters. The third-order valence-corrected chi connectivity index (χ3v) is 13.3. The average molecular weight is 763 g/mol. The van der Waals surface area contributed by atoms with Gasteiger partial charge in [-0.3, -0.25) is 0 Å². The van der Waals surface area contributed by atoms with Crippen LogP contribution in [-0.4, -0.2) is 68.7 Å². The van der Waals surface area contributed by atoms with Gasteiger partial charge in [0.1, 0.15) is 0 Å². The summed E-state index contributed by atoms with van der Waals surface area (Å²) in [5.41, 5.74) is 16.7. The Bertz CT molecular complexity index is 1800. The Hall–Kier alpha value is -5.10. The normalized spacial score (nSPS) is 16.0. The Labute approximate surface area is 344 Å². The summed E-state index contributed by atoms with van der Waals surface area (Å²) >= 11 is 0. The lowest BCUT2D eigenvalue weighted by molar-refractivity contribution is 0.320. The van der Waals surface area contributed by atoms with Gasteiger partial charge in [0.05, 0.1) is 17.5 Å². The van der Waals surface area contributed by atoms with Gasteiger partial charge in [-0.2, -0.15) is 0 Å². The van der Waals surface area contributed by atoms with Crippen LogP contribution in [0.4, 0.5) is 0 Å². The molecule has 3 aliphatic heterocycles. The molecule has 0 saturated carbocycles. The van der Waals surface area contributed by atoms with Gasteiger partial charge in [-0.1, -0.05) is 113 Å². The van der Waals surface area contributed by atoms with Crippen molar-refractivity contribution in [1.29, 1.82) is 0 Å². The topological polar surface area (TPSA) is 19.4 Å². The van der Waals surface area contributed by atoms with E-state index in [-0.39, 0.29) is 0 Å². The summed E-state index contributed by atoms with van der Waals surface area (Å²) in [6, 6.07) is 27.3. The van der Waals surface area contributed by atoms with E-state index in [1.165, 1.54) is 66.8 Å². The number of aryl methyl sites for hydroxylation is 3. The molecule has 6 nitrogen and oxygen atoms in total. The van der Waals surface area contributed by atoms with Crippen molar-refractivity contribution in [2.24, 2.45) is 0 Å².